The van der Waals surface area contributed by atoms with E-state index in [1.165, 1.54) is 186 Å². The van der Waals surface area contributed by atoms with Gasteiger partial charge in [-0.15, -0.1) is 0 Å². The average Bonchev–Trinajstić information content (AvgIpc) is 2.92. The van der Waals surface area contributed by atoms with E-state index in [0.717, 1.165) is 0 Å². The molecule has 1 unspecified atom stereocenters. The van der Waals surface area contributed by atoms with E-state index in [2.05, 4.69) is 27.7 Å². The van der Waals surface area contributed by atoms with Crippen LogP contribution in [0.3, 0.4) is 0 Å². The van der Waals surface area contributed by atoms with E-state index in [-0.39, 0.29) is 6.17 Å². The van der Waals surface area contributed by atoms with Crippen LogP contribution in [-0.2, 0) is 0 Å². The third-order valence-corrected chi connectivity index (χ3v) is 9.54. The number of hydrogen-bond donors (Lipinski definition) is 2. The van der Waals surface area contributed by atoms with Gasteiger partial charge >= 0.3 is 0 Å². The zero-order valence-electron chi connectivity index (χ0n) is 27.3. The molecule has 0 aliphatic carbocycles. The molecule has 0 aliphatic heterocycles. The summed E-state index contributed by atoms with van der Waals surface area (Å²) in [7, 11) is 0. The lowest BCUT2D eigenvalue weighted by Gasteiger charge is -2.38. The van der Waals surface area contributed by atoms with E-state index in [4.69, 9.17) is 11.5 Å². The molecule has 2 heteroatoms. The molecule has 0 rings (SSSR count). The topological polar surface area (TPSA) is 52.0 Å². The van der Waals surface area contributed by atoms with E-state index in [0.29, 0.717) is 11.3 Å². The van der Waals surface area contributed by atoms with Gasteiger partial charge in [0.25, 0.3) is 0 Å². The van der Waals surface area contributed by atoms with Gasteiger partial charge in [-0.2, -0.15) is 0 Å². The molecule has 0 aromatic carbocycles. The molecule has 0 saturated heterocycles. The van der Waals surface area contributed by atoms with Crippen LogP contribution in [-0.4, -0.2) is 6.17 Å². The summed E-state index contributed by atoms with van der Waals surface area (Å²) in [6.45, 7) is 9.39. The van der Waals surface area contributed by atoms with Gasteiger partial charge in [0, 0.05) is 0 Å². The monoisotopic (exact) mass is 537 g/mol. The second-order valence-electron chi connectivity index (χ2n) is 13.1. The van der Waals surface area contributed by atoms with E-state index >= 15 is 0 Å². The minimum atomic E-state index is -0.150. The van der Waals surface area contributed by atoms with E-state index in [1.807, 2.05) is 0 Å². The third kappa shape index (κ3) is 22.7. The van der Waals surface area contributed by atoms with Crippen molar-refractivity contribution in [3.8, 4) is 0 Å². The lowest BCUT2D eigenvalue weighted by molar-refractivity contribution is 0.141. The second kappa shape index (κ2) is 28.4. The predicted octanol–water partition coefficient (Wildman–Crippen LogP) is 12.2. The van der Waals surface area contributed by atoms with E-state index in [1.54, 1.807) is 0 Å². The van der Waals surface area contributed by atoms with Gasteiger partial charge in [-0.05, 0) is 37.0 Å². The van der Waals surface area contributed by atoms with Crippen LogP contribution in [0, 0.1) is 11.3 Å². The van der Waals surface area contributed by atoms with Crippen molar-refractivity contribution < 1.29 is 0 Å². The Hall–Kier alpha value is -0.0800. The standard InChI is InChI=1S/C36H76N2/c1-5-9-12-15-18-21-24-27-30-34(35(37)38)33-36(8-4,31-28-25-22-19-16-13-10-6-2)32-29-26-23-20-17-14-11-7-3/h34-35H,5-33,37-38H2,1-4H3. The molecule has 38 heavy (non-hydrogen) atoms. The SMILES string of the molecule is CCCCCCCCCCC(CC(CC)(CCCCCCCCCC)CCCCCCCCCC)C(N)N. The largest absolute Gasteiger partial charge is 0.316 e. The average molecular weight is 537 g/mol. The molecule has 0 heterocycles. The molecule has 0 amide bonds. The Kier molecular flexibility index (Phi) is 28.4. The molecule has 0 spiro atoms. The molecule has 0 saturated carbocycles. The maximum Gasteiger partial charge on any atom is 0.0550 e. The zero-order chi connectivity index (χ0) is 28.2. The fourth-order valence-electron chi connectivity index (χ4n) is 6.62. The van der Waals surface area contributed by atoms with Gasteiger partial charge < -0.3 is 11.5 Å². The zero-order valence-corrected chi connectivity index (χ0v) is 27.3. The highest BCUT2D eigenvalue weighted by molar-refractivity contribution is 4.84. The minimum absolute atomic E-state index is 0.150. The highest BCUT2D eigenvalue weighted by Gasteiger charge is 2.32. The molecule has 1 atom stereocenters. The molecule has 4 N–H and O–H groups in total. The number of rotatable bonds is 31. The van der Waals surface area contributed by atoms with Crippen LogP contribution < -0.4 is 11.5 Å². The smallest absolute Gasteiger partial charge is 0.0550 e. The maximum atomic E-state index is 6.44. The Labute approximate surface area is 242 Å². The number of nitrogens with two attached hydrogens (primary N) is 2. The van der Waals surface area contributed by atoms with Gasteiger partial charge in [-0.1, -0.05) is 188 Å². The summed E-state index contributed by atoms with van der Waals surface area (Å²) in [6, 6.07) is 0. The summed E-state index contributed by atoms with van der Waals surface area (Å²) in [4.78, 5) is 0. The summed E-state index contributed by atoms with van der Waals surface area (Å²) in [5.41, 5.74) is 13.3. The fraction of sp³-hybridized carbons (Fsp3) is 1.00. The van der Waals surface area contributed by atoms with Gasteiger partial charge in [-0.3, -0.25) is 0 Å². The van der Waals surface area contributed by atoms with Crippen molar-refractivity contribution in [3.05, 3.63) is 0 Å². The number of hydrogen-bond acceptors (Lipinski definition) is 2. The van der Waals surface area contributed by atoms with Crippen molar-refractivity contribution in [1.82, 2.24) is 0 Å². The fourth-order valence-corrected chi connectivity index (χ4v) is 6.62. The summed E-state index contributed by atoms with van der Waals surface area (Å²) < 4.78 is 0. The summed E-state index contributed by atoms with van der Waals surface area (Å²) in [6.07, 6.45) is 40.2. The van der Waals surface area contributed by atoms with Crippen LogP contribution in [0.2, 0.25) is 0 Å². The van der Waals surface area contributed by atoms with Crippen LogP contribution in [0.5, 0.6) is 0 Å². The van der Waals surface area contributed by atoms with Gasteiger partial charge in [-0.25, -0.2) is 0 Å². The molecule has 0 aromatic rings. The molecular weight excluding hydrogens is 460 g/mol. The van der Waals surface area contributed by atoms with Crippen LogP contribution in [0.1, 0.15) is 214 Å². The maximum absolute atomic E-state index is 6.44. The molecule has 230 valence electrons. The molecule has 0 aliphatic rings. The van der Waals surface area contributed by atoms with Crippen molar-refractivity contribution in [2.45, 2.75) is 220 Å². The first-order chi connectivity index (χ1) is 18.5. The van der Waals surface area contributed by atoms with E-state index in [9.17, 15) is 0 Å². The molecule has 0 aromatic heterocycles. The van der Waals surface area contributed by atoms with Crippen molar-refractivity contribution in [3.63, 3.8) is 0 Å². The number of unbranched alkanes of at least 4 members (excludes halogenated alkanes) is 21. The van der Waals surface area contributed by atoms with Crippen molar-refractivity contribution in [1.29, 1.82) is 0 Å². The molecular formula is C36H76N2. The Morgan fingerprint density at radius 2 is 0.737 bits per heavy atom. The molecule has 2 nitrogen and oxygen atoms in total. The van der Waals surface area contributed by atoms with Gasteiger partial charge in [0.05, 0.1) is 6.17 Å². The Morgan fingerprint density at radius 3 is 1.05 bits per heavy atom. The van der Waals surface area contributed by atoms with Crippen molar-refractivity contribution in [2.75, 3.05) is 0 Å². The lowest BCUT2D eigenvalue weighted by Crippen LogP contribution is -2.41. The van der Waals surface area contributed by atoms with Gasteiger partial charge in [0.15, 0.2) is 0 Å². The third-order valence-electron chi connectivity index (χ3n) is 9.54. The summed E-state index contributed by atoms with van der Waals surface area (Å²) in [5.74, 6) is 0.498. The Morgan fingerprint density at radius 1 is 0.421 bits per heavy atom. The second-order valence-corrected chi connectivity index (χ2v) is 13.1. The first-order valence-electron chi connectivity index (χ1n) is 18.1. The normalized spacial score (nSPS) is 13.0. The summed E-state index contributed by atoms with van der Waals surface area (Å²) >= 11 is 0. The van der Waals surface area contributed by atoms with Crippen molar-refractivity contribution >= 4 is 0 Å². The quantitative estimate of drug-likeness (QED) is 0.0683. The predicted molar refractivity (Wildman–Crippen MR) is 175 cm³/mol. The van der Waals surface area contributed by atoms with E-state index < -0.39 is 0 Å². The van der Waals surface area contributed by atoms with Crippen LogP contribution in [0.15, 0.2) is 0 Å². The molecule has 0 bridgehead atoms. The van der Waals surface area contributed by atoms with Crippen LogP contribution >= 0.6 is 0 Å². The van der Waals surface area contributed by atoms with Crippen LogP contribution in [0.25, 0.3) is 0 Å². The highest BCUT2D eigenvalue weighted by atomic mass is 14.9. The Bertz CT molecular complexity index is 427. The Balaban J connectivity index is 4.71. The highest BCUT2D eigenvalue weighted by Crippen LogP contribution is 2.42. The first kappa shape index (κ1) is 37.9. The lowest BCUT2D eigenvalue weighted by atomic mass is 9.69. The molecule has 0 radical (unpaired) electrons. The van der Waals surface area contributed by atoms with Crippen LogP contribution in [0.4, 0.5) is 0 Å². The van der Waals surface area contributed by atoms with Gasteiger partial charge in [0.2, 0.25) is 0 Å². The molecule has 0 fully saturated rings. The first-order valence-corrected chi connectivity index (χ1v) is 18.1. The van der Waals surface area contributed by atoms with Gasteiger partial charge in [0.1, 0.15) is 0 Å². The minimum Gasteiger partial charge on any atom is -0.316 e. The van der Waals surface area contributed by atoms with Crippen molar-refractivity contribution in [2.24, 2.45) is 22.8 Å². The summed E-state index contributed by atoms with van der Waals surface area (Å²) in [5, 5.41) is 0.